The van der Waals surface area contributed by atoms with E-state index in [2.05, 4.69) is 5.32 Å². The third-order valence-electron chi connectivity index (χ3n) is 3.48. The number of hydrogen-bond acceptors (Lipinski definition) is 2. The Morgan fingerprint density at radius 1 is 1.40 bits per heavy atom. The van der Waals surface area contributed by atoms with E-state index >= 15 is 0 Å². The van der Waals surface area contributed by atoms with Crippen molar-refractivity contribution in [3.63, 3.8) is 0 Å². The van der Waals surface area contributed by atoms with Gasteiger partial charge in [0.05, 0.1) is 12.2 Å². The van der Waals surface area contributed by atoms with Crippen molar-refractivity contribution in [3.8, 4) is 0 Å². The Morgan fingerprint density at radius 3 is 2.65 bits per heavy atom. The molecule has 2 rings (SSSR count). The van der Waals surface area contributed by atoms with E-state index in [9.17, 15) is 9.18 Å². The Balaban J connectivity index is 2.09. The maximum atomic E-state index is 13.6. The Hall–Kier alpha value is -2.11. The first-order valence-electron chi connectivity index (χ1n) is 6.73. The first-order chi connectivity index (χ1) is 9.58. The van der Waals surface area contributed by atoms with Crippen LogP contribution in [0, 0.1) is 11.2 Å². The van der Waals surface area contributed by atoms with Crippen LogP contribution in [0.5, 0.6) is 0 Å². The molecule has 1 aromatic carbocycles. The first-order valence-corrected chi connectivity index (χ1v) is 6.73. The van der Waals surface area contributed by atoms with Crippen molar-refractivity contribution in [1.82, 2.24) is 4.90 Å². The summed E-state index contributed by atoms with van der Waals surface area (Å²) in [4.78, 5) is 13.8. The maximum absolute atomic E-state index is 13.6. The minimum absolute atomic E-state index is 0.0689. The zero-order chi connectivity index (χ0) is 14.5. The van der Waals surface area contributed by atoms with Crippen molar-refractivity contribution in [2.75, 3.05) is 11.9 Å². The van der Waals surface area contributed by atoms with Gasteiger partial charge in [-0.25, -0.2) is 9.18 Å². The van der Waals surface area contributed by atoms with E-state index in [1.54, 1.807) is 12.1 Å². The second-order valence-corrected chi connectivity index (χ2v) is 5.00. The van der Waals surface area contributed by atoms with Crippen LogP contribution in [0.1, 0.15) is 25.7 Å². The Bertz CT molecular complexity index is 500. The molecule has 6 heteroatoms. The third-order valence-corrected chi connectivity index (χ3v) is 3.48. The van der Waals surface area contributed by atoms with E-state index < -0.39 is 11.8 Å². The van der Waals surface area contributed by atoms with Gasteiger partial charge in [0, 0.05) is 6.04 Å². The van der Waals surface area contributed by atoms with Crippen molar-refractivity contribution < 1.29 is 9.18 Å². The van der Waals surface area contributed by atoms with E-state index in [4.69, 9.17) is 11.1 Å². The van der Waals surface area contributed by atoms with Crippen LogP contribution in [0.3, 0.4) is 0 Å². The van der Waals surface area contributed by atoms with E-state index in [1.165, 1.54) is 17.0 Å². The number of amides is 2. The highest BCUT2D eigenvalue weighted by molar-refractivity contribution is 5.92. The molecule has 0 atom stereocenters. The molecule has 1 aromatic rings. The number of amidine groups is 1. The lowest BCUT2D eigenvalue weighted by Crippen LogP contribution is -2.46. The van der Waals surface area contributed by atoms with Gasteiger partial charge in [-0.2, -0.15) is 0 Å². The topological polar surface area (TPSA) is 82.2 Å². The predicted octanol–water partition coefficient (Wildman–Crippen LogP) is 2.54. The molecule has 0 aliphatic heterocycles. The van der Waals surface area contributed by atoms with Gasteiger partial charge in [0.1, 0.15) is 11.7 Å². The lowest BCUT2D eigenvalue weighted by molar-refractivity contribution is 0.198. The van der Waals surface area contributed by atoms with Gasteiger partial charge in [-0.3, -0.25) is 5.41 Å². The molecule has 108 valence electrons. The monoisotopic (exact) mass is 278 g/mol. The number of nitrogens with zero attached hydrogens (tertiary/aromatic N) is 1. The van der Waals surface area contributed by atoms with Gasteiger partial charge < -0.3 is 16.0 Å². The summed E-state index contributed by atoms with van der Waals surface area (Å²) in [6.07, 6.45) is 3.92. The van der Waals surface area contributed by atoms with Gasteiger partial charge in [-0.05, 0) is 25.0 Å². The fraction of sp³-hybridized carbons (Fsp3) is 0.429. The normalized spacial score (nSPS) is 15.1. The largest absolute Gasteiger partial charge is 0.386 e. The summed E-state index contributed by atoms with van der Waals surface area (Å²) in [5.41, 5.74) is 5.55. The number of carbonyl (C=O) groups excluding carboxylic acids is 1. The lowest BCUT2D eigenvalue weighted by Gasteiger charge is -2.28. The summed E-state index contributed by atoms with van der Waals surface area (Å²) < 4.78 is 13.6. The molecule has 0 spiro atoms. The Morgan fingerprint density at radius 2 is 2.05 bits per heavy atom. The number of nitrogens with one attached hydrogen (secondary N) is 2. The van der Waals surface area contributed by atoms with Crippen LogP contribution in [-0.4, -0.2) is 29.4 Å². The number of urea groups is 1. The number of nitrogens with two attached hydrogens (primary N) is 1. The predicted molar refractivity (Wildman–Crippen MR) is 76.3 cm³/mol. The molecule has 4 N–H and O–H groups in total. The van der Waals surface area contributed by atoms with E-state index in [-0.39, 0.29) is 24.1 Å². The number of benzene rings is 1. The fourth-order valence-corrected chi connectivity index (χ4v) is 2.52. The van der Waals surface area contributed by atoms with Crippen LogP contribution in [0.15, 0.2) is 24.3 Å². The average Bonchev–Trinajstić information content (AvgIpc) is 2.92. The standard InChI is InChI=1S/C14H19FN4O/c15-11-7-3-4-8-12(11)18-14(20)19(9-13(16)17)10-5-1-2-6-10/h3-4,7-8,10H,1-2,5-6,9H2,(H3,16,17)(H,18,20). The van der Waals surface area contributed by atoms with Crippen molar-refractivity contribution >= 4 is 17.6 Å². The van der Waals surface area contributed by atoms with Gasteiger partial charge in [0.2, 0.25) is 0 Å². The number of anilines is 1. The summed E-state index contributed by atoms with van der Waals surface area (Å²) in [6, 6.07) is 5.69. The first kappa shape index (κ1) is 14.3. The molecular formula is C14H19FN4O. The molecule has 1 aliphatic carbocycles. The number of halogens is 1. The van der Waals surface area contributed by atoms with Crippen LogP contribution < -0.4 is 11.1 Å². The molecule has 0 aromatic heterocycles. The van der Waals surface area contributed by atoms with Crippen LogP contribution in [0.25, 0.3) is 0 Å². The van der Waals surface area contributed by atoms with Crippen molar-refractivity contribution in [3.05, 3.63) is 30.1 Å². The summed E-state index contributed by atoms with van der Waals surface area (Å²) in [7, 11) is 0. The summed E-state index contributed by atoms with van der Waals surface area (Å²) in [5, 5.41) is 9.94. The molecule has 1 aliphatic rings. The highest BCUT2D eigenvalue weighted by Gasteiger charge is 2.27. The van der Waals surface area contributed by atoms with E-state index in [1.807, 2.05) is 0 Å². The van der Waals surface area contributed by atoms with Gasteiger partial charge in [0.25, 0.3) is 0 Å². The van der Waals surface area contributed by atoms with E-state index in [0.717, 1.165) is 25.7 Å². The molecule has 0 heterocycles. The van der Waals surface area contributed by atoms with Crippen molar-refractivity contribution in [1.29, 1.82) is 5.41 Å². The molecule has 1 fully saturated rings. The molecule has 0 unspecified atom stereocenters. The highest BCUT2D eigenvalue weighted by Crippen LogP contribution is 2.24. The molecular weight excluding hydrogens is 259 g/mol. The Labute approximate surface area is 117 Å². The molecule has 5 nitrogen and oxygen atoms in total. The zero-order valence-electron chi connectivity index (χ0n) is 11.2. The van der Waals surface area contributed by atoms with Gasteiger partial charge in [0.15, 0.2) is 0 Å². The lowest BCUT2D eigenvalue weighted by atomic mass is 10.2. The molecule has 0 bridgehead atoms. The number of para-hydroxylation sites is 1. The second-order valence-electron chi connectivity index (χ2n) is 5.00. The van der Waals surface area contributed by atoms with Crippen LogP contribution in [0.2, 0.25) is 0 Å². The van der Waals surface area contributed by atoms with Crippen molar-refractivity contribution in [2.45, 2.75) is 31.7 Å². The number of hydrogen-bond donors (Lipinski definition) is 3. The maximum Gasteiger partial charge on any atom is 0.322 e. The molecule has 2 amide bonds. The smallest absolute Gasteiger partial charge is 0.322 e. The van der Waals surface area contributed by atoms with Gasteiger partial charge in [-0.1, -0.05) is 25.0 Å². The van der Waals surface area contributed by atoms with Gasteiger partial charge in [-0.15, -0.1) is 0 Å². The van der Waals surface area contributed by atoms with Gasteiger partial charge >= 0.3 is 6.03 Å². The third kappa shape index (κ3) is 3.46. The summed E-state index contributed by atoms with van der Waals surface area (Å²) >= 11 is 0. The quantitative estimate of drug-likeness (QED) is 0.584. The SMILES string of the molecule is N=C(N)CN(C(=O)Nc1ccccc1F)C1CCCC1. The zero-order valence-corrected chi connectivity index (χ0v) is 11.2. The second kappa shape index (κ2) is 6.36. The van der Waals surface area contributed by atoms with Crippen molar-refractivity contribution in [2.24, 2.45) is 5.73 Å². The van der Waals surface area contributed by atoms with E-state index in [0.29, 0.717) is 0 Å². The molecule has 1 saturated carbocycles. The minimum atomic E-state index is -0.477. The minimum Gasteiger partial charge on any atom is -0.386 e. The van der Waals surface area contributed by atoms with Crippen LogP contribution in [-0.2, 0) is 0 Å². The van der Waals surface area contributed by atoms with Crippen LogP contribution >= 0.6 is 0 Å². The summed E-state index contributed by atoms with van der Waals surface area (Å²) in [5.74, 6) is -0.546. The molecule has 0 radical (unpaired) electrons. The molecule has 20 heavy (non-hydrogen) atoms. The Kier molecular flexibility index (Phi) is 4.55. The highest BCUT2D eigenvalue weighted by atomic mass is 19.1. The molecule has 0 saturated heterocycles. The fourth-order valence-electron chi connectivity index (χ4n) is 2.52. The summed E-state index contributed by atoms with van der Waals surface area (Å²) in [6.45, 7) is 0.0744. The van der Waals surface area contributed by atoms with Crippen LogP contribution in [0.4, 0.5) is 14.9 Å². The average molecular weight is 278 g/mol. The number of rotatable bonds is 4. The number of carbonyl (C=O) groups is 1.